The van der Waals surface area contributed by atoms with Crippen molar-refractivity contribution < 1.29 is 9.59 Å². The SMILES string of the molecule is Cc1cnn(CCCNC(=O)NC(C)C(=O)N(C)C)c1. The number of carbonyl (C=O) groups excluding carboxylic acids is 2. The van der Waals surface area contributed by atoms with Crippen LogP contribution in [0.25, 0.3) is 0 Å². The molecular weight excluding hydrogens is 258 g/mol. The van der Waals surface area contributed by atoms with Gasteiger partial charge in [-0.15, -0.1) is 0 Å². The Kier molecular flexibility index (Phi) is 6.02. The number of rotatable bonds is 6. The first-order valence-electron chi connectivity index (χ1n) is 6.64. The van der Waals surface area contributed by atoms with E-state index in [1.165, 1.54) is 4.90 Å². The average Bonchev–Trinajstić information content (AvgIpc) is 2.79. The lowest BCUT2D eigenvalue weighted by atomic mass is 10.3. The first-order chi connectivity index (χ1) is 9.40. The molecule has 0 spiro atoms. The molecule has 0 bridgehead atoms. The van der Waals surface area contributed by atoms with Crippen molar-refractivity contribution in [1.29, 1.82) is 0 Å². The van der Waals surface area contributed by atoms with Gasteiger partial charge in [-0.1, -0.05) is 0 Å². The smallest absolute Gasteiger partial charge is 0.315 e. The van der Waals surface area contributed by atoms with Gasteiger partial charge in [0.25, 0.3) is 0 Å². The van der Waals surface area contributed by atoms with Crippen LogP contribution >= 0.6 is 0 Å². The summed E-state index contributed by atoms with van der Waals surface area (Å²) >= 11 is 0. The second-order valence-corrected chi connectivity index (χ2v) is 4.99. The predicted molar refractivity (Wildman–Crippen MR) is 76.3 cm³/mol. The summed E-state index contributed by atoms with van der Waals surface area (Å²) in [7, 11) is 3.31. The van der Waals surface area contributed by atoms with E-state index in [0.717, 1.165) is 18.5 Å². The van der Waals surface area contributed by atoms with E-state index in [-0.39, 0.29) is 11.9 Å². The lowest BCUT2D eigenvalue weighted by Gasteiger charge is -2.18. The molecule has 1 aromatic rings. The highest BCUT2D eigenvalue weighted by Gasteiger charge is 2.16. The van der Waals surface area contributed by atoms with Gasteiger partial charge in [0.2, 0.25) is 5.91 Å². The minimum absolute atomic E-state index is 0.132. The van der Waals surface area contributed by atoms with Gasteiger partial charge in [0.05, 0.1) is 6.20 Å². The van der Waals surface area contributed by atoms with E-state index in [4.69, 9.17) is 0 Å². The molecule has 7 nitrogen and oxygen atoms in total. The fourth-order valence-corrected chi connectivity index (χ4v) is 1.73. The van der Waals surface area contributed by atoms with Crippen LogP contribution in [0, 0.1) is 6.92 Å². The van der Waals surface area contributed by atoms with Crippen LogP contribution in [0.2, 0.25) is 0 Å². The normalized spacial score (nSPS) is 11.8. The summed E-state index contributed by atoms with van der Waals surface area (Å²) in [5.41, 5.74) is 1.12. The van der Waals surface area contributed by atoms with Crippen molar-refractivity contribution in [2.24, 2.45) is 0 Å². The van der Waals surface area contributed by atoms with Crippen molar-refractivity contribution in [3.8, 4) is 0 Å². The molecule has 3 amide bonds. The number of likely N-dealkylation sites (N-methyl/N-ethyl adjacent to an activating group) is 1. The van der Waals surface area contributed by atoms with Crippen LogP contribution in [-0.2, 0) is 11.3 Å². The molecule has 7 heteroatoms. The number of nitrogens with one attached hydrogen (secondary N) is 2. The number of hydrogen-bond donors (Lipinski definition) is 2. The summed E-state index contributed by atoms with van der Waals surface area (Å²) in [4.78, 5) is 24.6. The topological polar surface area (TPSA) is 79.3 Å². The van der Waals surface area contributed by atoms with Crippen LogP contribution in [0.4, 0.5) is 4.79 Å². The lowest BCUT2D eigenvalue weighted by Crippen LogP contribution is -2.48. The summed E-state index contributed by atoms with van der Waals surface area (Å²) in [5, 5.41) is 9.48. The van der Waals surface area contributed by atoms with E-state index < -0.39 is 6.04 Å². The molecule has 1 rings (SSSR count). The van der Waals surface area contributed by atoms with Gasteiger partial charge in [-0.25, -0.2) is 4.79 Å². The third-order valence-electron chi connectivity index (χ3n) is 2.77. The highest BCUT2D eigenvalue weighted by Crippen LogP contribution is 1.95. The molecule has 0 aliphatic rings. The number of nitrogens with zero attached hydrogens (tertiary/aromatic N) is 3. The fourth-order valence-electron chi connectivity index (χ4n) is 1.73. The predicted octanol–water partition coefficient (Wildman–Crippen LogP) is 0.358. The largest absolute Gasteiger partial charge is 0.347 e. The summed E-state index contributed by atoms with van der Waals surface area (Å²) in [6, 6.07) is -0.858. The first-order valence-corrected chi connectivity index (χ1v) is 6.64. The molecular formula is C13H23N5O2. The molecule has 1 atom stereocenters. The molecule has 20 heavy (non-hydrogen) atoms. The zero-order chi connectivity index (χ0) is 15.1. The minimum atomic E-state index is -0.529. The third kappa shape index (κ3) is 5.29. The van der Waals surface area contributed by atoms with E-state index in [0.29, 0.717) is 6.54 Å². The molecule has 1 aromatic heterocycles. The summed E-state index contributed by atoms with van der Waals surface area (Å²) < 4.78 is 1.84. The Hall–Kier alpha value is -2.05. The van der Waals surface area contributed by atoms with Crippen molar-refractivity contribution in [3.63, 3.8) is 0 Å². The molecule has 2 N–H and O–H groups in total. The molecule has 0 aromatic carbocycles. The monoisotopic (exact) mass is 281 g/mol. The Bertz CT molecular complexity index is 455. The molecule has 0 fully saturated rings. The zero-order valence-corrected chi connectivity index (χ0v) is 12.5. The Morgan fingerprint density at radius 1 is 1.45 bits per heavy atom. The van der Waals surface area contributed by atoms with Gasteiger partial charge in [0.15, 0.2) is 0 Å². The van der Waals surface area contributed by atoms with Gasteiger partial charge in [0.1, 0.15) is 6.04 Å². The van der Waals surface area contributed by atoms with Gasteiger partial charge in [-0.05, 0) is 25.8 Å². The number of urea groups is 1. The Morgan fingerprint density at radius 3 is 2.70 bits per heavy atom. The van der Waals surface area contributed by atoms with Crippen molar-refractivity contribution in [3.05, 3.63) is 18.0 Å². The highest BCUT2D eigenvalue weighted by molar-refractivity contribution is 5.86. The van der Waals surface area contributed by atoms with E-state index in [9.17, 15) is 9.59 Å². The standard InChI is InChI=1S/C13H23N5O2/c1-10-8-15-18(9-10)7-5-6-14-13(20)16-11(2)12(19)17(3)4/h8-9,11H,5-7H2,1-4H3,(H2,14,16,20). The zero-order valence-electron chi connectivity index (χ0n) is 12.5. The number of amides is 3. The van der Waals surface area contributed by atoms with E-state index >= 15 is 0 Å². The number of hydrogen-bond acceptors (Lipinski definition) is 3. The van der Waals surface area contributed by atoms with Crippen molar-refractivity contribution in [2.75, 3.05) is 20.6 Å². The second-order valence-electron chi connectivity index (χ2n) is 4.99. The van der Waals surface area contributed by atoms with E-state index in [1.807, 2.05) is 17.8 Å². The molecule has 0 aliphatic carbocycles. The molecule has 0 saturated carbocycles. The Labute approximate surface area is 119 Å². The molecule has 0 saturated heterocycles. The third-order valence-corrected chi connectivity index (χ3v) is 2.77. The first kappa shape index (κ1) is 16.0. The maximum absolute atomic E-state index is 11.6. The fraction of sp³-hybridized carbons (Fsp3) is 0.615. The molecule has 112 valence electrons. The summed E-state index contributed by atoms with van der Waals surface area (Å²) in [6.45, 7) is 4.93. The Morgan fingerprint density at radius 2 is 2.15 bits per heavy atom. The van der Waals surface area contributed by atoms with Gasteiger partial charge in [-0.2, -0.15) is 5.10 Å². The van der Waals surface area contributed by atoms with Gasteiger partial charge in [0, 0.05) is 33.4 Å². The number of aryl methyl sites for hydroxylation is 2. The molecule has 0 aliphatic heterocycles. The maximum atomic E-state index is 11.6. The van der Waals surface area contributed by atoms with Gasteiger partial charge in [-0.3, -0.25) is 9.48 Å². The van der Waals surface area contributed by atoms with Crippen molar-refractivity contribution in [2.45, 2.75) is 32.9 Å². The van der Waals surface area contributed by atoms with Gasteiger partial charge < -0.3 is 15.5 Å². The quantitative estimate of drug-likeness (QED) is 0.739. The van der Waals surface area contributed by atoms with Crippen molar-refractivity contribution in [1.82, 2.24) is 25.3 Å². The molecule has 1 heterocycles. The summed E-state index contributed by atoms with van der Waals surface area (Å²) in [6.07, 6.45) is 4.54. The van der Waals surface area contributed by atoms with E-state index in [1.54, 1.807) is 27.2 Å². The lowest BCUT2D eigenvalue weighted by molar-refractivity contribution is -0.130. The average molecular weight is 281 g/mol. The minimum Gasteiger partial charge on any atom is -0.347 e. The number of aromatic nitrogens is 2. The second kappa shape index (κ2) is 7.52. The summed E-state index contributed by atoms with van der Waals surface area (Å²) in [5.74, 6) is -0.132. The highest BCUT2D eigenvalue weighted by atomic mass is 16.2. The molecule has 0 radical (unpaired) electrons. The van der Waals surface area contributed by atoms with Crippen LogP contribution in [-0.4, -0.2) is 53.3 Å². The Balaban J connectivity index is 2.18. The van der Waals surface area contributed by atoms with Crippen LogP contribution in [0.1, 0.15) is 18.9 Å². The maximum Gasteiger partial charge on any atom is 0.315 e. The van der Waals surface area contributed by atoms with Crippen LogP contribution in [0.15, 0.2) is 12.4 Å². The van der Waals surface area contributed by atoms with Crippen LogP contribution in [0.5, 0.6) is 0 Å². The van der Waals surface area contributed by atoms with Gasteiger partial charge >= 0.3 is 6.03 Å². The molecule has 1 unspecified atom stereocenters. The van der Waals surface area contributed by atoms with Crippen LogP contribution in [0.3, 0.4) is 0 Å². The van der Waals surface area contributed by atoms with Crippen LogP contribution < -0.4 is 10.6 Å². The number of carbonyl (C=O) groups is 2. The van der Waals surface area contributed by atoms with Crippen molar-refractivity contribution >= 4 is 11.9 Å². The van der Waals surface area contributed by atoms with E-state index in [2.05, 4.69) is 15.7 Å².